The molecule has 14 heteroatoms. The highest BCUT2D eigenvalue weighted by molar-refractivity contribution is 6.47. The summed E-state index contributed by atoms with van der Waals surface area (Å²) in [6, 6.07) is 4.56. The summed E-state index contributed by atoms with van der Waals surface area (Å²) in [6.45, 7) is 0.168. The molecule has 0 spiro atoms. The summed E-state index contributed by atoms with van der Waals surface area (Å²) >= 11 is 0. The van der Waals surface area contributed by atoms with Crippen molar-refractivity contribution in [3.63, 3.8) is 0 Å². The number of nitrogens with one attached hydrogen (secondary N) is 2. The second-order valence-corrected chi connectivity index (χ2v) is 7.29. The number of rotatable bonds is 9. The van der Waals surface area contributed by atoms with E-state index in [1.54, 1.807) is 12.1 Å². The van der Waals surface area contributed by atoms with E-state index in [2.05, 4.69) is 20.9 Å². The van der Waals surface area contributed by atoms with Gasteiger partial charge >= 0.3 is 19.3 Å². The Morgan fingerprint density at radius 1 is 1.34 bits per heavy atom. The Balaban J connectivity index is 1.48. The van der Waals surface area contributed by atoms with Crippen LogP contribution in [-0.4, -0.2) is 62.8 Å². The lowest BCUT2D eigenvalue weighted by molar-refractivity contribution is -0.135. The molecular weight excluding hydrogens is 434 g/mol. The van der Waals surface area contributed by atoms with E-state index in [1.165, 1.54) is 16.9 Å². The molecule has 1 atom stereocenters. The third-order valence-corrected chi connectivity index (χ3v) is 4.71. The number of amides is 1. The average Bonchev–Trinajstić information content (AvgIpc) is 3.14. The molecule has 0 saturated carbocycles. The molecule has 1 aromatic carbocycles. The third-order valence-electron chi connectivity index (χ3n) is 4.71. The molecule has 1 aromatic heterocycles. The fraction of sp³-hybridized carbons (Fsp3) is 0.444. The Kier molecular flexibility index (Phi) is 7.35. The predicted molar refractivity (Wildman–Crippen MR) is 105 cm³/mol. The van der Waals surface area contributed by atoms with Crippen LogP contribution in [0, 0.1) is 0 Å². The summed E-state index contributed by atoms with van der Waals surface area (Å²) in [5, 5.41) is 32.5. The van der Waals surface area contributed by atoms with Gasteiger partial charge in [-0.25, -0.2) is 9.48 Å². The van der Waals surface area contributed by atoms with Gasteiger partial charge in [0, 0.05) is 13.0 Å². The van der Waals surface area contributed by atoms with Gasteiger partial charge < -0.3 is 25.4 Å². The number of carboxylic acids is 1. The zero-order chi connectivity index (χ0) is 23.3. The zero-order valence-electron chi connectivity index (χ0n) is 16.8. The molecule has 0 fully saturated rings. The number of nitrogens with zero attached hydrogens (tertiary/aromatic N) is 3. The summed E-state index contributed by atoms with van der Waals surface area (Å²) in [6.07, 6.45) is -3.45. The van der Waals surface area contributed by atoms with Crippen molar-refractivity contribution in [3.8, 4) is 5.75 Å². The SMILES string of the molecule is O=C(Cn1cc(CNCCCC(F)(F)F)nn1)N[C@H]1Cc2cccc(C(=O)O)c2OB1O. The van der Waals surface area contributed by atoms with Gasteiger partial charge in [-0.05, 0) is 31.0 Å². The lowest BCUT2D eigenvalue weighted by atomic mass is 9.72. The molecule has 3 rings (SSSR count). The van der Waals surface area contributed by atoms with Gasteiger partial charge in [0.1, 0.15) is 12.3 Å². The lowest BCUT2D eigenvalue weighted by Gasteiger charge is -2.28. The molecule has 0 unspecified atom stereocenters. The molecule has 0 bridgehead atoms. The monoisotopic (exact) mass is 455 g/mol. The highest BCUT2D eigenvalue weighted by Crippen LogP contribution is 2.30. The molecule has 1 aliphatic heterocycles. The molecule has 10 nitrogen and oxygen atoms in total. The lowest BCUT2D eigenvalue weighted by Crippen LogP contribution is -2.53. The van der Waals surface area contributed by atoms with Gasteiger partial charge in [-0.2, -0.15) is 13.2 Å². The van der Waals surface area contributed by atoms with E-state index in [4.69, 9.17) is 4.65 Å². The first-order valence-electron chi connectivity index (χ1n) is 9.78. The Hall–Kier alpha value is -3.13. The van der Waals surface area contributed by atoms with Gasteiger partial charge in [0.2, 0.25) is 5.91 Å². The standard InChI is InChI=1S/C18H21BF3N5O5/c20-18(21,22)5-2-6-23-8-12-9-27(26-25-12)10-15(28)24-14-7-11-3-1-4-13(17(29)30)16(11)32-19(14)31/h1,3-4,9,14,23,31H,2,5-8,10H2,(H,24,28)(H,29,30)/t14-/m0/s1. The molecule has 2 heterocycles. The maximum absolute atomic E-state index is 12.3. The highest BCUT2D eigenvalue weighted by Gasteiger charge is 2.37. The second-order valence-electron chi connectivity index (χ2n) is 7.29. The minimum absolute atomic E-state index is 0.0527. The Bertz CT molecular complexity index is 971. The largest absolute Gasteiger partial charge is 0.547 e. The minimum Gasteiger partial charge on any atom is -0.534 e. The van der Waals surface area contributed by atoms with E-state index < -0.39 is 37.5 Å². The van der Waals surface area contributed by atoms with Crippen molar-refractivity contribution in [2.24, 2.45) is 0 Å². The van der Waals surface area contributed by atoms with Crippen LogP contribution in [0.2, 0.25) is 0 Å². The van der Waals surface area contributed by atoms with Crippen molar-refractivity contribution in [2.75, 3.05) is 6.54 Å². The molecule has 0 aliphatic carbocycles. The maximum Gasteiger partial charge on any atom is 0.547 e. The van der Waals surface area contributed by atoms with E-state index in [9.17, 15) is 32.9 Å². The van der Waals surface area contributed by atoms with E-state index >= 15 is 0 Å². The number of carbonyl (C=O) groups excluding carboxylic acids is 1. The third kappa shape index (κ3) is 6.44. The highest BCUT2D eigenvalue weighted by atomic mass is 19.4. The Morgan fingerprint density at radius 3 is 2.84 bits per heavy atom. The van der Waals surface area contributed by atoms with Crippen molar-refractivity contribution < 1.29 is 37.5 Å². The molecule has 0 radical (unpaired) electrons. The second kappa shape index (κ2) is 10.00. The molecular formula is C18H21BF3N5O5. The fourth-order valence-electron chi connectivity index (χ4n) is 3.24. The first-order valence-corrected chi connectivity index (χ1v) is 9.78. The van der Waals surface area contributed by atoms with Crippen molar-refractivity contribution in [3.05, 3.63) is 41.2 Å². The van der Waals surface area contributed by atoms with Crippen LogP contribution in [0.5, 0.6) is 5.75 Å². The number of benzene rings is 1. The summed E-state index contributed by atoms with van der Waals surface area (Å²) in [5.41, 5.74) is 0.926. The van der Waals surface area contributed by atoms with Crippen LogP contribution < -0.4 is 15.3 Å². The summed E-state index contributed by atoms with van der Waals surface area (Å²) in [5.74, 6) is -2.39. The van der Waals surface area contributed by atoms with Gasteiger partial charge in [-0.15, -0.1) is 5.10 Å². The smallest absolute Gasteiger partial charge is 0.534 e. The van der Waals surface area contributed by atoms with Crippen molar-refractivity contribution >= 4 is 19.0 Å². The first kappa shape index (κ1) is 23.5. The van der Waals surface area contributed by atoms with Crippen LogP contribution in [0.4, 0.5) is 13.2 Å². The number of halogens is 3. The van der Waals surface area contributed by atoms with Crippen LogP contribution in [0.1, 0.15) is 34.5 Å². The Labute approximate surface area is 180 Å². The van der Waals surface area contributed by atoms with Gasteiger partial charge in [-0.3, -0.25) is 4.79 Å². The normalized spacial score (nSPS) is 15.8. The number of para-hydroxylation sites is 1. The summed E-state index contributed by atoms with van der Waals surface area (Å²) < 4.78 is 42.9. The van der Waals surface area contributed by atoms with Crippen LogP contribution >= 0.6 is 0 Å². The number of alkyl halides is 3. The molecule has 1 amide bonds. The van der Waals surface area contributed by atoms with Crippen molar-refractivity contribution in [2.45, 2.75) is 44.5 Å². The van der Waals surface area contributed by atoms with E-state index in [-0.39, 0.29) is 43.8 Å². The number of hydrogen-bond acceptors (Lipinski definition) is 7. The summed E-state index contributed by atoms with van der Waals surface area (Å²) in [4.78, 5) is 23.6. The topological polar surface area (TPSA) is 139 Å². The number of fused-ring (bicyclic) bond motifs is 1. The quantitative estimate of drug-likeness (QED) is 0.318. The number of carboxylic acid groups (broad SMARTS) is 1. The first-order chi connectivity index (χ1) is 15.1. The van der Waals surface area contributed by atoms with E-state index in [0.717, 1.165) is 0 Å². The molecule has 2 aromatic rings. The molecule has 4 N–H and O–H groups in total. The van der Waals surface area contributed by atoms with Gasteiger partial charge in [0.15, 0.2) is 0 Å². The van der Waals surface area contributed by atoms with Crippen LogP contribution in [0.3, 0.4) is 0 Å². The van der Waals surface area contributed by atoms with Gasteiger partial charge in [0.05, 0.1) is 23.4 Å². The van der Waals surface area contributed by atoms with Crippen LogP contribution in [0.25, 0.3) is 0 Å². The Morgan fingerprint density at radius 2 is 2.12 bits per heavy atom. The predicted octanol–water partition coefficient (Wildman–Crippen LogP) is 0.548. The fourth-order valence-corrected chi connectivity index (χ4v) is 3.24. The molecule has 0 saturated heterocycles. The van der Waals surface area contributed by atoms with Crippen LogP contribution in [-0.2, 0) is 24.3 Å². The summed E-state index contributed by atoms with van der Waals surface area (Å²) in [7, 11) is -1.43. The number of hydrogen-bond donors (Lipinski definition) is 4. The van der Waals surface area contributed by atoms with E-state index in [1.807, 2.05) is 0 Å². The number of aromatic nitrogens is 3. The maximum atomic E-state index is 12.3. The van der Waals surface area contributed by atoms with E-state index in [0.29, 0.717) is 11.3 Å². The van der Waals surface area contributed by atoms with Crippen LogP contribution in [0.15, 0.2) is 24.4 Å². The minimum atomic E-state index is -4.18. The van der Waals surface area contributed by atoms with Gasteiger partial charge in [0.25, 0.3) is 0 Å². The van der Waals surface area contributed by atoms with Crippen molar-refractivity contribution in [1.29, 1.82) is 0 Å². The van der Waals surface area contributed by atoms with Gasteiger partial charge in [-0.1, -0.05) is 17.3 Å². The molecule has 172 valence electrons. The molecule has 1 aliphatic rings. The zero-order valence-corrected chi connectivity index (χ0v) is 16.8. The number of aromatic carboxylic acids is 1. The molecule has 32 heavy (non-hydrogen) atoms. The number of carbonyl (C=O) groups is 2. The van der Waals surface area contributed by atoms with Crippen molar-refractivity contribution in [1.82, 2.24) is 25.6 Å². The average molecular weight is 455 g/mol.